The number of nitrogens with zero attached hydrogens (tertiary/aromatic N) is 8. The van der Waals surface area contributed by atoms with E-state index in [1.54, 1.807) is 21.7 Å². The average Bonchev–Trinajstić information content (AvgIpc) is 3.01. The second-order valence-electron chi connectivity index (χ2n) is 4.94. The first-order chi connectivity index (χ1) is 11.5. The van der Waals surface area contributed by atoms with Gasteiger partial charge < -0.3 is 10.6 Å². The van der Waals surface area contributed by atoms with Crippen LogP contribution in [-0.4, -0.2) is 49.3 Å². The van der Waals surface area contributed by atoms with E-state index in [1.807, 2.05) is 26.2 Å². The van der Waals surface area contributed by atoms with Crippen molar-refractivity contribution < 1.29 is 0 Å². The zero-order chi connectivity index (χ0) is 17.1. The largest absolute Gasteiger partial charge is 0.368 e. The summed E-state index contributed by atoms with van der Waals surface area (Å²) in [6, 6.07) is 7.24. The first-order valence-corrected chi connectivity index (χ1v) is 8.24. The SMILES string of the molecule is CN(C)c1nc(N)nc(CSc2nnnn2-c2ccc(Cl)cc2)n1. The van der Waals surface area contributed by atoms with E-state index in [0.29, 0.717) is 27.7 Å². The van der Waals surface area contributed by atoms with Crippen molar-refractivity contribution in [3.05, 3.63) is 35.1 Å². The van der Waals surface area contributed by atoms with Crippen LogP contribution >= 0.6 is 23.4 Å². The van der Waals surface area contributed by atoms with Crippen molar-refractivity contribution in [2.75, 3.05) is 24.7 Å². The fourth-order valence-corrected chi connectivity index (χ4v) is 2.70. The van der Waals surface area contributed by atoms with E-state index in [0.717, 1.165) is 5.69 Å². The summed E-state index contributed by atoms with van der Waals surface area (Å²) in [4.78, 5) is 14.3. The zero-order valence-electron chi connectivity index (χ0n) is 13.0. The molecule has 0 amide bonds. The molecule has 0 aliphatic carbocycles. The highest BCUT2D eigenvalue weighted by Gasteiger charge is 2.12. The van der Waals surface area contributed by atoms with Crippen LogP contribution in [0, 0.1) is 0 Å². The highest BCUT2D eigenvalue weighted by atomic mass is 35.5. The van der Waals surface area contributed by atoms with E-state index in [-0.39, 0.29) is 5.95 Å². The van der Waals surface area contributed by atoms with Gasteiger partial charge in [-0.15, -0.1) is 5.10 Å². The Morgan fingerprint density at radius 1 is 1.17 bits per heavy atom. The van der Waals surface area contributed by atoms with Gasteiger partial charge in [0.15, 0.2) is 0 Å². The minimum Gasteiger partial charge on any atom is -0.368 e. The lowest BCUT2D eigenvalue weighted by Crippen LogP contribution is -2.16. The summed E-state index contributed by atoms with van der Waals surface area (Å²) in [5, 5.41) is 13.0. The first kappa shape index (κ1) is 16.4. The molecule has 0 aliphatic rings. The van der Waals surface area contributed by atoms with Crippen LogP contribution in [0.2, 0.25) is 5.02 Å². The van der Waals surface area contributed by atoms with Crippen LogP contribution in [0.25, 0.3) is 5.69 Å². The summed E-state index contributed by atoms with van der Waals surface area (Å²) in [5.74, 6) is 1.71. The predicted molar refractivity (Wildman–Crippen MR) is 92.3 cm³/mol. The lowest BCUT2D eigenvalue weighted by molar-refractivity contribution is 0.756. The molecule has 11 heteroatoms. The molecule has 3 aromatic rings. The molecule has 0 radical (unpaired) electrons. The molecular weight excluding hydrogens is 350 g/mol. The number of thioether (sulfide) groups is 1. The molecule has 0 saturated carbocycles. The lowest BCUT2D eigenvalue weighted by atomic mass is 10.3. The summed E-state index contributed by atoms with van der Waals surface area (Å²) < 4.78 is 1.62. The van der Waals surface area contributed by atoms with Gasteiger partial charge in [0.25, 0.3) is 0 Å². The average molecular weight is 364 g/mol. The van der Waals surface area contributed by atoms with Crippen molar-refractivity contribution in [3.8, 4) is 5.69 Å². The standard InChI is InChI=1S/C13H14ClN9S/c1-22(2)12-17-10(16-11(15)18-12)7-24-13-19-20-21-23(13)9-5-3-8(14)4-6-9/h3-6H,7H2,1-2H3,(H2,15,16,17,18). The molecule has 0 unspecified atom stereocenters. The van der Waals surface area contributed by atoms with Crippen molar-refractivity contribution in [2.24, 2.45) is 0 Å². The number of benzene rings is 1. The number of hydrogen-bond acceptors (Lipinski definition) is 9. The van der Waals surface area contributed by atoms with Crippen molar-refractivity contribution in [1.29, 1.82) is 0 Å². The molecule has 9 nitrogen and oxygen atoms in total. The van der Waals surface area contributed by atoms with Gasteiger partial charge in [-0.25, -0.2) is 0 Å². The Morgan fingerprint density at radius 3 is 2.62 bits per heavy atom. The Kier molecular flexibility index (Phi) is 4.76. The maximum Gasteiger partial charge on any atom is 0.229 e. The van der Waals surface area contributed by atoms with E-state index < -0.39 is 0 Å². The molecular formula is C13H14ClN9S. The molecule has 124 valence electrons. The summed E-state index contributed by atoms with van der Waals surface area (Å²) in [5.41, 5.74) is 6.54. The summed E-state index contributed by atoms with van der Waals surface area (Å²) >= 11 is 7.31. The van der Waals surface area contributed by atoms with Gasteiger partial charge in [-0.2, -0.15) is 19.6 Å². The van der Waals surface area contributed by atoms with Crippen LogP contribution < -0.4 is 10.6 Å². The highest BCUT2D eigenvalue weighted by molar-refractivity contribution is 7.98. The Bertz CT molecular complexity index is 834. The first-order valence-electron chi connectivity index (χ1n) is 6.88. The molecule has 0 bridgehead atoms. The molecule has 0 saturated heterocycles. The van der Waals surface area contributed by atoms with Gasteiger partial charge in [0.1, 0.15) is 5.82 Å². The third kappa shape index (κ3) is 3.71. The number of aromatic nitrogens is 7. The van der Waals surface area contributed by atoms with Gasteiger partial charge in [0, 0.05) is 19.1 Å². The Morgan fingerprint density at radius 2 is 1.92 bits per heavy atom. The number of tetrazole rings is 1. The van der Waals surface area contributed by atoms with Crippen LogP contribution in [-0.2, 0) is 5.75 Å². The number of nitrogen functional groups attached to an aromatic ring is 1. The van der Waals surface area contributed by atoms with E-state index >= 15 is 0 Å². The predicted octanol–water partition coefficient (Wildman–Crippen LogP) is 1.44. The number of halogens is 1. The quantitative estimate of drug-likeness (QED) is 0.673. The van der Waals surface area contributed by atoms with Gasteiger partial charge in [-0.05, 0) is 34.7 Å². The van der Waals surface area contributed by atoms with Crippen LogP contribution in [0.4, 0.5) is 11.9 Å². The molecule has 2 heterocycles. The molecule has 0 spiro atoms. The van der Waals surface area contributed by atoms with Gasteiger partial charge in [-0.3, -0.25) is 0 Å². The minimum atomic E-state index is 0.182. The summed E-state index contributed by atoms with van der Waals surface area (Å²) in [6.07, 6.45) is 0. The van der Waals surface area contributed by atoms with E-state index in [2.05, 4.69) is 30.5 Å². The molecule has 24 heavy (non-hydrogen) atoms. The monoisotopic (exact) mass is 363 g/mol. The molecule has 2 N–H and O–H groups in total. The van der Waals surface area contributed by atoms with Crippen molar-refractivity contribution >= 4 is 35.3 Å². The second kappa shape index (κ2) is 6.97. The van der Waals surface area contributed by atoms with E-state index in [1.165, 1.54) is 11.8 Å². The molecule has 3 rings (SSSR count). The molecule has 0 aliphatic heterocycles. The molecule has 0 fully saturated rings. The fraction of sp³-hybridized carbons (Fsp3) is 0.231. The van der Waals surface area contributed by atoms with E-state index in [9.17, 15) is 0 Å². The Hall–Kier alpha value is -2.46. The number of nitrogens with two attached hydrogens (primary N) is 1. The van der Waals surface area contributed by atoms with Gasteiger partial charge in [0.2, 0.25) is 17.1 Å². The molecule has 2 aromatic heterocycles. The van der Waals surface area contributed by atoms with Crippen LogP contribution in [0.5, 0.6) is 0 Å². The van der Waals surface area contributed by atoms with Crippen LogP contribution in [0.1, 0.15) is 5.82 Å². The van der Waals surface area contributed by atoms with Crippen molar-refractivity contribution in [2.45, 2.75) is 10.9 Å². The number of hydrogen-bond donors (Lipinski definition) is 1. The summed E-state index contributed by atoms with van der Waals surface area (Å²) in [6.45, 7) is 0. The minimum absolute atomic E-state index is 0.182. The zero-order valence-corrected chi connectivity index (χ0v) is 14.5. The van der Waals surface area contributed by atoms with Gasteiger partial charge in [0.05, 0.1) is 11.4 Å². The normalized spacial score (nSPS) is 10.8. The van der Waals surface area contributed by atoms with E-state index in [4.69, 9.17) is 17.3 Å². The van der Waals surface area contributed by atoms with Gasteiger partial charge >= 0.3 is 0 Å². The smallest absolute Gasteiger partial charge is 0.229 e. The molecule has 1 aromatic carbocycles. The molecule has 0 atom stereocenters. The van der Waals surface area contributed by atoms with Gasteiger partial charge in [-0.1, -0.05) is 23.4 Å². The number of anilines is 2. The highest BCUT2D eigenvalue weighted by Crippen LogP contribution is 2.22. The van der Waals surface area contributed by atoms with Crippen LogP contribution in [0.3, 0.4) is 0 Å². The number of rotatable bonds is 5. The fourth-order valence-electron chi connectivity index (χ4n) is 1.83. The second-order valence-corrected chi connectivity index (χ2v) is 6.32. The lowest BCUT2D eigenvalue weighted by Gasteiger charge is -2.11. The summed E-state index contributed by atoms with van der Waals surface area (Å²) in [7, 11) is 3.68. The maximum absolute atomic E-state index is 5.90. The van der Waals surface area contributed by atoms with Crippen molar-refractivity contribution in [1.82, 2.24) is 35.2 Å². The third-order valence-electron chi connectivity index (χ3n) is 2.93. The maximum atomic E-state index is 5.90. The third-order valence-corrected chi connectivity index (χ3v) is 4.10. The Labute approximate surface area is 147 Å². The van der Waals surface area contributed by atoms with Crippen molar-refractivity contribution in [3.63, 3.8) is 0 Å². The van der Waals surface area contributed by atoms with Crippen LogP contribution in [0.15, 0.2) is 29.4 Å². The topological polar surface area (TPSA) is 112 Å². The Balaban J connectivity index is 1.79.